The Morgan fingerprint density at radius 2 is 1.81 bits per heavy atom. The third-order valence-corrected chi connectivity index (χ3v) is 4.46. The van der Waals surface area contributed by atoms with Gasteiger partial charge in [0.2, 0.25) is 0 Å². The SMILES string of the molecule is COc1ccc(C(=O)Oc2ccc(/C=C3\SC(N)=NC3=O)cc2OC)cc1. The Morgan fingerprint density at radius 1 is 1.07 bits per heavy atom. The second-order valence-corrected chi connectivity index (χ2v) is 6.46. The molecular weight excluding hydrogens is 368 g/mol. The van der Waals surface area contributed by atoms with Crippen LogP contribution in [-0.2, 0) is 4.79 Å². The first-order chi connectivity index (χ1) is 13.0. The largest absolute Gasteiger partial charge is 0.497 e. The summed E-state index contributed by atoms with van der Waals surface area (Å²) in [5.74, 6) is 0.360. The molecule has 0 saturated carbocycles. The molecule has 0 unspecified atom stereocenters. The van der Waals surface area contributed by atoms with E-state index in [1.165, 1.54) is 7.11 Å². The molecule has 0 atom stereocenters. The van der Waals surface area contributed by atoms with Crippen LogP contribution < -0.4 is 19.9 Å². The highest BCUT2D eigenvalue weighted by atomic mass is 32.2. The van der Waals surface area contributed by atoms with Gasteiger partial charge in [-0.1, -0.05) is 6.07 Å². The van der Waals surface area contributed by atoms with Crippen molar-refractivity contribution in [1.82, 2.24) is 0 Å². The van der Waals surface area contributed by atoms with E-state index >= 15 is 0 Å². The molecule has 2 aromatic rings. The second kappa shape index (κ2) is 7.96. The lowest BCUT2D eigenvalue weighted by atomic mass is 10.1. The quantitative estimate of drug-likeness (QED) is 0.481. The molecule has 0 aromatic heterocycles. The first-order valence-electron chi connectivity index (χ1n) is 7.82. The number of carbonyl (C=O) groups is 2. The average molecular weight is 384 g/mol. The minimum atomic E-state index is -0.523. The molecule has 27 heavy (non-hydrogen) atoms. The Labute approximate surface area is 159 Å². The third kappa shape index (κ3) is 4.29. The van der Waals surface area contributed by atoms with Crippen molar-refractivity contribution in [3.8, 4) is 17.2 Å². The number of methoxy groups -OCH3 is 2. The summed E-state index contributed by atoms with van der Waals surface area (Å²) in [7, 11) is 3.01. The predicted octanol–water partition coefficient (Wildman–Crippen LogP) is 2.85. The zero-order chi connectivity index (χ0) is 19.4. The summed E-state index contributed by atoms with van der Waals surface area (Å²) in [5.41, 5.74) is 6.61. The van der Waals surface area contributed by atoms with E-state index in [2.05, 4.69) is 4.99 Å². The predicted molar refractivity (Wildman–Crippen MR) is 103 cm³/mol. The van der Waals surface area contributed by atoms with Crippen molar-refractivity contribution in [2.45, 2.75) is 0 Å². The van der Waals surface area contributed by atoms with Crippen LogP contribution in [0.3, 0.4) is 0 Å². The number of thioether (sulfide) groups is 1. The molecule has 8 heteroatoms. The zero-order valence-electron chi connectivity index (χ0n) is 14.6. The number of hydrogen-bond acceptors (Lipinski definition) is 7. The first kappa shape index (κ1) is 18.5. The number of nitrogens with zero attached hydrogens (tertiary/aromatic N) is 1. The summed E-state index contributed by atoms with van der Waals surface area (Å²) in [6.07, 6.45) is 1.65. The normalized spacial score (nSPS) is 14.8. The van der Waals surface area contributed by atoms with Crippen molar-refractivity contribution in [3.63, 3.8) is 0 Å². The molecule has 1 amide bonds. The highest BCUT2D eigenvalue weighted by Crippen LogP contribution is 2.32. The molecule has 0 spiro atoms. The van der Waals surface area contributed by atoms with Crippen molar-refractivity contribution in [1.29, 1.82) is 0 Å². The van der Waals surface area contributed by atoms with E-state index < -0.39 is 5.97 Å². The van der Waals surface area contributed by atoms with Crippen molar-refractivity contribution >= 4 is 34.9 Å². The molecular formula is C19H16N2O5S. The monoisotopic (exact) mass is 384 g/mol. The van der Waals surface area contributed by atoms with Crippen molar-refractivity contribution in [2.75, 3.05) is 14.2 Å². The van der Waals surface area contributed by atoms with Crippen LogP contribution in [-0.4, -0.2) is 31.3 Å². The van der Waals surface area contributed by atoms with Crippen LogP contribution in [0.25, 0.3) is 6.08 Å². The number of nitrogens with two attached hydrogens (primary N) is 1. The number of esters is 1. The minimum absolute atomic E-state index is 0.211. The molecule has 0 radical (unpaired) electrons. The zero-order valence-corrected chi connectivity index (χ0v) is 15.4. The van der Waals surface area contributed by atoms with E-state index in [0.29, 0.717) is 27.5 Å². The van der Waals surface area contributed by atoms with E-state index in [0.717, 1.165) is 11.8 Å². The van der Waals surface area contributed by atoms with Gasteiger partial charge in [-0.2, -0.15) is 4.99 Å². The van der Waals surface area contributed by atoms with Crippen LogP contribution in [0.5, 0.6) is 17.2 Å². The maximum Gasteiger partial charge on any atom is 0.343 e. The summed E-state index contributed by atoms with van der Waals surface area (Å²) in [5, 5.41) is 0.211. The molecule has 0 aliphatic carbocycles. The number of ether oxygens (including phenoxy) is 3. The molecule has 138 valence electrons. The third-order valence-electron chi connectivity index (χ3n) is 3.65. The van der Waals surface area contributed by atoms with Gasteiger partial charge < -0.3 is 19.9 Å². The van der Waals surface area contributed by atoms with Crippen LogP contribution in [0, 0.1) is 0 Å². The van der Waals surface area contributed by atoms with Crippen molar-refractivity contribution < 1.29 is 23.8 Å². The van der Waals surface area contributed by atoms with E-state index in [4.69, 9.17) is 19.9 Å². The van der Waals surface area contributed by atoms with Gasteiger partial charge in [0.25, 0.3) is 5.91 Å². The van der Waals surface area contributed by atoms with Crippen LogP contribution in [0.2, 0.25) is 0 Å². The number of amides is 1. The van der Waals surface area contributed by atoms with E-state index in [-0.39, 0.29) is 16.8 Å². The standard InChI is InChI=1S/C19H16N2O5S/c1-24-13-6-4-12(5-7-13)18(23)26-14-8-3-11(9-15(14)25-2)10-16-17(22)21-19(20)27-16/h3-10H,1-2H3,(H2,20,21,22)/b16-10-. The highest BCUT2D eigenvalue weighted by molar-refractivity contribution is 8.18. The van der Waals surface area contributed by atoms with Crippen molar-refractivity contribution in [3.05, 3.63) is 58.5 Å². The summed E-state index contributed by atoms with van der Waals surface area (Å²) in [4.78, 5) is 28.1. The Morgan fingerprint density at radius 3 is 2.41 bits per heavy atom. The van der Waals surface area contributed by atoms with Crippen LogP contribution in [0.1, 0.15) is 15.9 Å². The van der Waals surface area contributed by atoms with Gasteiger partial charge in [0.15, 0.2) is 16.7 Å². The van der Waals surface area contributed by atoms with E-state index in [9.17, 15) is 9.59 Å². The molecule has 1 aliphatic heterocycles. The molecule has 2 N–H and O–H groups in total. The van der Waals surface area contributed by atoms with Gasteiger partial charge in [-0.25, -0.2) is 4.79 Å². The number of rotatable bonds is 5. The topological polar surface area (TPSA) is 100 Å². The fourth-order valence-corrected chi connectivity index (χ4v) is 3.00. The Balaban J connectivity index is 1.79. The maximum atomic E-state index is 12.3. The summed E-state index contributed by atoms with van der Waals surface area (Å²) in [6, 6.07) is 11.5. The second-order valence-electron chi connectivity index (χ2n) is 5.39. The molecule has 0 bridgehead atoms. The summed E-state index contributed by atoms with van der Waals surface area (Å²) >= 11 is 1.10. The fraction of sp³-hybridized carbons (Fsp3) is 0.105. The van der Waals surface area contributed by atoms with Gasteiger partial charge >= 0.3 is 5.97 Å². The lowest BCUT2D eigenvalue weighted by Gasteiger charge is -2.10. The number of hydrogen-bond donors (Lipinski definition) is 1. The Bertz CT molecular complexity index is 951. The highest BCUT2D eigenvalue weighted by Gasteiger charge is 2.20. The van der Waals surface area contributed by atoms with Crippen LogP contribution >= 0.6 is 11.8 Å². The molecule has 3 rings (SSSR count). The van der Waals surface area contributed by atoms with E-state index in [1.54, 1.807) is 55.7 Å². The first-order valence-corrected chi connectivity index (χ1v) is 8.64. The fourth-order valence-electron chi connectivity index (χ4n) is 2.32. The lowest BCUT2D eigenvalue weighted by Crippen LogP contribution is -2.09. The van der Waals surface area contributed by atoms with Gasteiger partial charge in [-0.15, -0.1) is 0 Å². The number of benzene rings is 2. The number of aliphatic imine (C=N–C) groups is 1. The van der Waals surface area contributed by atoms with Gasteiger partial charge in [0.1, 0.15) is 5.75 Å². The van der Waals surface area contributed by atoms with Gasteiger partial charge in [0.05, 0.1) is 24.7 Å². The average Bonchev–Trinajstić information content (AvgIpc) is 2.99. The molecule has 0 fully saturated rings. The molecule has 1 aliphatic rings. The molecule has 0 saturated heterocycles. The smallest absolute Gasteiger partial charge is 0.343 e. The number of amidine groups is 1. The molecule has 2 aromatic carbocycles. The lowest BCUT2D eigenvalue weighted by molar-refractivity contribution is -0.113. The molecule has 7 nitrogen and oxygen atoms in total. The van der Waals surface area contributed by atoms with Crippen LogP contribution in [0.4, 0.5) is 0 Å². The Kier molecular flexibility index (Phi) is 5.46. The van der Waals surface area contributed by atoms with Crippen LogP contribution in [0.15, 0.2) is 52.4 Å². The van der Waals surface area contributed by atoms with Gasteiger partial charge in [-0.05, 0) is 59.8 Å². The molecule has 1 heterocycles. The summed E-state index contributed by atoms with van der Waals surface area (Å²) < 4.78 is 15.8. The summed E-state index contributed by atoms with van der Waals surface area (Å²) in [6.45, 7) is 0. The van der Waals surface area contributed by atoms with Crippen molar-refractivity contribution in [2.24, 2.45) is 10.7 Å². The maximum absolute atomic E-state index is 12.3. The minimum Gasteiger partial charge on any atom is -0.497 e. The van der Waals surface area contributed by atoms with Gasteiger partial charge in [-0.3, -0.25) is 4.79 Å². The van der Waals surface area contributed by atoms with Gasteiger partial charge in [0, 0.05) is 0 Å². The van der Waals surface area contributed by atoms with E-state index in [1.807, 2.05) is 0 Å². The Hall–Kier alpha value is -3.26. The number of carbonyl (C=O) groups excluding carboxylic acids is 2.